The summed E-state index contributed by atoms with van der Waals surface area (Å²) in [5.41, 5.74) is 1.16. The molecule has 0 aromatic heterocycles. The van der Waals surface area contributed by atoms with Crippen molar-refractivity contribution in [1.29, 1.82) is 0 Å². The molecule has 1 unspecified atom stereocenters. The summed E-state index contributed by atoms with van der Waals surface area (Å²) in [6, 6.07) is 16.9. The molecule has 2 aromatic carbocycles. The van der Waals surface area contributed by atoms with Crippen LogP contribution in [0.15, 0.2) is 60.7 Å². The van der Waals surface area contributed by atoms with Crippen LogP contribution in [0.25, 0.3) is 0 Å². The number of hydrogen-bond donors (Lipinski definition) is 2. The fourth-order valence-electron chi connectivity index (χ4n) is 3.70. The van der Waals surface area contributed by atoms with E-state index in [1.54, 1.807) is 36.4 Å². The molecular weight excluding hydrogens is 414 g/mol. The molecule has 8 heteroatoms. The molecule has 2 amide bonds. The molecule has 0 saturated carbocycles. The number of nitrogens with one attached hydrogen (secondary N) is 2. The summed E-state index contributed by atoms with van der Waals surface area (Å²) in [5, 5.41) is 5.83. The van der Waals surface area contributed by atoms with Crippen molar-refractivity contribution in [2.75, 3.05) is 18.8 Å². The number of rotatable bonds is 8. The van der Waals surface area contributed by atoms with Crippen LogP contribution in [0.4, 0.5) is 0 Å². The zero-order valence-electron chi connectivity index (χ0n) is 17.7. The number of nitrogens with zero attached hydrogens (tertiary/aromatic N) is 1. The first kappa shape index (κ1) is 23.0. The Morgan fingerprint density at radius 2 is 1.58 bits per heavy atom. The number of hydrogen-bond acceptors (Lipinski definition) is 4. The monoisotopic (exact) mass is 443 g/mol. The van der Waals surface area contributed by atoms with Gasteiger partial charge in [0.15, 0.2) is 0 Å². The molecule has 1 saturated heterocycles. The van der Waals surface area contributed by atoms with Gasteiger partial charge in [-0.3, -0.25) is 9.59 Å². The lowest BCUT2D eigenvalue weighted by Crippen LogP contribution is -2.49. The van der Waals surface area contributed by atoms with Crippen molar-refractivity contribution in [3.63, 3.8) is 0 Å². The third-order valence-electron chi connectivity index (χ3n) is 5.36. The van der Waals surface area contributed by atoms with E-state index in [9.17, 15) is 18.0 Å². The molecule has 1 heterocycles. The Morgan fingerprint density at radius 1 is 1.00 bits per heavy atom. The van der Waals surface area contributed by atoms with E-state index in [1.165, 1.54) is 4.31 Å². The fourth-order valence-corrected chi connectivity index (χ4v) is 5.24. The van der Waals surface area contributed by atoms with Gasteiger partial charge in [-0.2, -0.15) is 0 Å². The molecule has 1 fully saturated rings. The Kier molecular flexibility index (Phi) is 7.81. The maximum atomic E-state index is 13.1. The minimum Gasteiger partial charge on any atom is -0.351 e. The normalized spacial score (nSPS) is 16.4. The second kappa shape index (κ2) is 10.5. The predicted molar refractivity (Wildman–Crippen MR) is 120 cm³/mol. The summed E-state index contributed by atoms with van der Waals surface area (Å²) >= 11 is 0. The molecule has 3 rings (SSSR count). The van der Waals surface area contributed by atoms with Gasteiger partial charge >= 0.3 is 0 Å². The SMILES string of the molecule is CCCS(=O)(=O)N1CCC(NC(=O)C(NC(=O)c2ccccc2)c2ccccc2)CC1. The van der Waals surface area contributed by atoms with Gasteiger partial charge in [-0.25, -0.2) is 12.7 Å². The minimum absolute atomic E-state index is 0.139. The summed E-state index contributed by atoms with van der Waals surface area (Å²) in [6.07, 6.45) is 1.67. The molecule has 1 atom stereocenters. The van der Waals surface area contributed by atoms with Crippen molar-refractivity contribution in [1.82, 2.24) is 14.9 Å². The average Bonchev–Trinajstić information content (AvgIpc) is 2.78. The Bertz CT molecular complexity index is 972. The van der Waals surface area contributed by atoms with E-state index < -0.39 is 16.1 Å². The van der Waals surface area contributed by atoms with Crippen molar-refractivity contribution >= 4 is 21.8 Å². The highest BCUT2D eigenvalue weighted by Gasteiger charge is 2.30. The van der Waals surface area contributed by atoms with E-state index in [4.69, 9.17) is 0 Å². The van der Waals surface area contributed by atoms with E-state index in [-0.39, 0.29) is 23.6 Å². The van der Waals surface area contributed by atoms with Crippen LogP contribution in [0.3, 0.4) is 0 Å². The van der Waals surface area contributed by atoms with Crippen LogP contribution in [0.2, 0.25) is 0 Å². The molecule has 31 heavy (non-hydrogen) atoms. The third kappa shape index (κ3) is 6.15. The summed E-state index contributed by atoms with van der Waals surface area (Å²) in [6.45, 7) is 2.62. The van der Waals surface area contributed by atoms with Crippen molar-refractivity contribution in [2.45, 2.75) is 38.3 Å². The predicted octanol–water partition coefficient (Wildman–Crippen LogP) is 2.48. The molecule has 1 aliphatic heterocycles. The number of carbonyl (C=O) groups excluding carboxylic acids is 2. The number of benzene rings is 2. The molecule has 2 aromatic rings. The second-order valence-electron chi connectivity index (χ2n) is 7.68. The Morgan fingerprint density at radius 3 is 2.16 bits per heavy atom. The van der Waals surface area contributed by atoms with Crippen molar-refractivity contribution in [3.05, 3.63) is 71.8 Å². The standard InChI is InChI=1S/C23H29N3O4S/c1-2-17-31(29,30)26-15-13-20(14-16-26)24-23(28)21(18-9-5-3-6-10-18)25-22(27)19-11-7-4-8-12-19/h3-12,20-21H,2,13-17H2,1H3,(H,24,28)(H,25,27). The smallest absolute Gasteiger partial charge is 0.252 e. The second-order valence-corrected chi connectivity index (χ2v) is 9.77. The highest BCUT2D eigenvalue weighted by atomic mass is 32.2. The van der Waals surface area contributed by atoms with Crippen molar-refractivity contribution in [2.24, 2.45) is 0 Å². The van der Waals surface area contributed by atoms with E-state index in [0.29, 0.717) is 43.5 Å². The molecule has 166 valence electrons. The van der Waals surface area contributed by atoms with Crippen molar-refractivity contribution in [3.8, 4) is 0 Å². The van der Waals surface area contributed by atoms with Gasteiger partial charge in [0.2, 0.25) is 15.9 Å². The number of piperidine rings is 1. The van der Waals surface area contributed by atoms with Gasteiger partial charge in [-0.05, 0) is 37.0 Å². The third-order valence-corrected chi connectivity index (χ3v) is 7.44. The van der Waals surface area contributed by atoms with Crippen LogP contribution >= 0.6 is 0 Å². The van der Waals surface area contributed by atoms with E-state index in [0.717, 1.165) is 0 Å². The maximum Gasteiger partial charge on any atom is 0.252 e. The quantitative estimate of drug-likeness (QED) is 0.655. The van der Waals surface area contributed by atoms with Crippen LogP contribution in [0.5, 0.6) is 0 Å². The lowest BCUT2D eigenvalue weighted by atomic mass is 10.0. The van der Waals surface area contributed by atoms with Crippen LogP contribution in [-0.4, -0.2) is 49.4 Å². The lowest BCUT2D eigenvalue weighted by molar-refractivity contribution is -0.124. The van der Waals surface area contributed by atoms with E-state index >= 15 is 0 Å². The van der Waals surface area contributed by atoms with Gasteiger partial charge in [0.05, 0.1) is 5.75 Å². The first-order chi connectivity index (χ1) is 14.9. The average molecular weight is 444 g/mol. The highest BCUT2D eigenvalue weighted by Crippen LogP contribution is 2.18. The van der Waals surface area contributed by atoms with Gasteiger partial charge in [-0.15, -0.1) is 0 Å². The van der Waals surface area contributed by atoms with Gasteiger partial charge < -0.3 is 10.6 Å². The number of carbonyl (C=O) groups is 2. The first-order valence-corrected chi connectivity index (χ1v) is 12.2. The lowest BCUT2D eigenvalue weighted by Gasteiger charge is -2.32. The maximum absolute atomic E-state index is 13.1. The van der Waals surface area contributed by atoms with Gasteiger partial charge in [-0.1, -0.05) is 55.5 Å². The van der Waals surface area contributed by atoms with E-state index in [1.807, 2.05) is 31.2 Å². The van der Waals surface area contributed by atoms with Gasteiger partial charge in [0, 0.05) is 24.7 Å². The Labute approximate surface area is 183 Å². The Balaban J connectivity index is 1.66. The zero-order chi connectivity index (χ0) is 22.3. The number of sulfonamides is 1. The number of amides is 2. The van der Waals surface area contributed by atoms with Crippen molar-refractivity contribution < 1.29 is 18.0 Å². The van der Waals surface area contributed by atoms with Crippen LogP contribution in [0, 0.1) is 0 Å². The zero-order valence-corrected chi connectivity index (χ0v) is 18.5. The first-order valence-electron chi connectivity index (χ1n) is 10.6. The van der Waals surface area contributed by atoms with Crippen LogP contribution in [0.1, 0.15) is 48.1 Å². The molecule has 2 N–H and O–H groups in total. The van der Waals surface area contributed by atoms with E-state index in [2.05, 4.69) is 10.6 Å². The largest absolute Gasteiger partial charge is 0.351 e. The van der Waals surface area contributed by atoms with Crippen LogP contribution in [-0.2, 0) is 14.8 Å². The minimum atomic E-state index is -3.23. The fraction of sp³-hybridized carbons (Fsp3) is 0.391. The molecule has 0 radical (unpaired) electrons. The summed E-state index contributed by atoms with van der Waals surface area (Å²) < 4.78 is 26.0. The Hall–Kier alpha value is -2.71. The molecular formula is C23H29N3O4S. The van der Waals surface area contributed by atoms with Gasteiger partial charge in [0.25, 0.3) is 5.91 Å². The molecule has 0 spiro atoms. The summed E-state index contributed by atoms with van der Waals surface area (Å²) in [5.74, 6) is -0.485. The highest BCUT2D eigenvalue weighted by molar-refractivity contribution is 7.89. The molecule has 7 nitrogen and oxygen atoms in total. The topological polar surface area (TPSA) is 95.6 Å². The van der Waals surface area contributed by atoms with Crippen LogP contribution < -0.4 is 10.6 Å². The molecule has 1 aliphatic rings. The summed E-state index contributed by atoms with van der Waals surface area (Å²) in [7, 11) is -3.23. The molecule has 0 aliphatic carbocycles. The summed E-state index contributed by atoms with van der Waals surface area (Å²) in [4.78, 5) is 25.8. The van der Waals surface area contributed by atoms with Gasteiger partial charge in [0.1, 0.15) is 6.04 Å². The molecule has 0 bridgehead atoms.